The zero-order chi connectivity index (χ0) is 20.8. The van der Waals surface area contributed by atoms with E-state index >= 15 is 0 Å². The number of anilines is 1. The van der Waals surface area contributed by atoms with E-state index in [1.807, 2.05) is 0 Å². The van der Waals surface area contributed by atoms with Crippen LogP contribution in [0.1, 0.15) is 29.3 Å². The molecule has 11 heteroatoms. The third-order valence-corrected chi connectivity index (χ3v) is 5.37. The third kappa shape index (κ3) is 3.38. The highest BCUT2D eigenvalue weighted by molar-refractivity contribution is 6.34. The van der Waals surface area contributed by atoms with Gasteiger partial charge in [-0.2, -0.15) is 13.2 Å². The molecule has 0 radical (unpaired) electrons. The lowest BCUT2D eigenvalue weighted by atomic mass is 10.0. The van der Waals surface area contributed by atoms with Crippen molar-refractivity contribution in [1.82, 2.24) is 25.8 Å². The van der Waals surface area contributed by atoms with Crippen LogP contribution in [0.25, 0.3) is 0 Å². The molecule has 0 fully saturated rings. The van der Waals surface area contributed by atoms with Crippen LogP contribution in [-0.4, -0.2) is 33.4 Å². The fraction of sp³-hybridized carbons (Fsp3) is 0.278. The van der Waals surface area contributed by atoms with Gasteiger partial charge in [0.1, 0.15) is 6.33 Å². The lowest BCUT2D eigenvalue weighted by Crippen LogP contribution is -2.46. The van der Waals surface area contributed by atoms with Crippen LogP contribution in [0.5, 0.6) is 0 Å². The van der Waals surface area contributed by atoms with E-state index < -0.39 is 28.7 Å². The largest absolute Gasteiger partial charge is 0.417 e. The number of benzene rings is 1. The number of carbonyl (C=O) groups is 1. The Kier molecular flexibility index (Phi) is 4.83. The molecule has 0 saturated heterocycles. The standard InChI is InChI=1S/C18H16ClF3N6O/c1-10-16-14(28(26-25-16)11-7-23-9-24-8-11)5-6-27(10)17(29)12-3-2-4-13(15(12)19)18(20,21)22/h2-4,7-10,25-26H,5-6H2,1H3. The zero-order valence-electron chi connectivity index (χ0n) is 15.2. The number of hydrogen-bond donors (Lipinski definition) is 2. The van der Waals surface area contributed by atoms with Crippen molar-refractivity contribution >= 4 is 23.2 Å². The average molecular weight is 425 g/mol. The Morgan fingerprint density at radius 3 is 2.69 bits per heavy atom. The van der Waals surface area contributed by atoms with Gasteiger partial charge in [0.15, 0.2) is 0 Å². The van der Waals surface area contributed by atoms with Gasteiger partial charge < -0.3 is 10.3 Å². The number of halogens is 4. The number of alkyl halides is 3. The lowest BCUT2D eigenvalue weighted by Gasteiger charge is -2.35. The highest BCUT2D eigenvalue weighted by Gasteiger charge is 2.39. The Bertz CT molecular complexity index is 981. The van der Waals surface area contributed by atoms with Gasteiger partial charge in [-0.3, -0.25) is 9.80 Å². The molecule has 2 aromatic rings. The molecule has 1 atom stereocenters. The number of aromatic nitrogens is 2. The predicted molar refractivity (Wildman–Crippen MR) is 99.4 cm³/mol. The van der Waals surface area contributed by atoms with E-state index in [0.717, 1.165) is 23.1 Å². The Labute approximate surface area is 169 Å². The molecule has 1 aromatic heterocycles. The summed E-state index contributed by atoms with van der Waals surface area (Å²) < 4.78 is 39.4. The van der Waals surface area contributed by atoms with Gasteiger partial charge in [-0.05, 0) is 19.1 Å². The molecular formula is C18H16ClF3N6O. The van der Waals surface area contributed by atoms with Crippen LogP contribution < -0.4 is 16.0 Å². The molecule has 4 rings (SSSR count). The molecule has 2 N–H and O–H groups in total. The molecule has 1 amide bonds. The molecule has 1 unspecified atom stereocenters. The summed E-state index contributed by atoms with van der Waals surface area (Å²) in [6, 6.07) is 2.96. The maximum atomic E-state index is 13.1. The van der Waals surface area contributed by atoms with Crippen LogP contribution in [0.15, 0.2) is 48.3 Å². The number of rotatable bonds is 2. The second-order valence-corrected chi connectivity index (χ2v) is 7.00. The first-order valence-corrected chi connectivity index (χ1v) is 9.13. The quantitative estimate of drug-likeness (QED) is 0.771. The summed E-state index contributed by atoms with van der Waals surface area (Å²) in [6.07, 6.45) is 0.554. The highest BCUT2D eigenvalue weighted by atomic mass is 35.5. The first kappa shape index (κ1) is 19.5. The maximum Gasteiger partial charge on any atom is 0.417 e. The summed E-state index contributed by atoms with van der Waals surface area (Å²) in [5, 5.41) is 1.20. The number of carbonyl (C=O) groups excluding carboxylic acids is 1. The third-order valence-electron chi connectivity index (χ3n) is 4.96. The van der Waals surface area contributed by atoms with Gasteiger partial charge in [0.05, 0.1) is 51.7 Å². The first-order valence-electron chi connectivity index (χ1n) is 8.75. The van der Waals surface area contributed by atoms with E-state index in [1.165, 1.54) is 23.4 Å². The van der Waals surface area contributed by atoms with Crippen molar-refractivity contribution in [3.05, 3.63) is 64.5 Å². The summed E-state index contributed by atoms with van der Waals surface area (Å²) in [5.74, 6) is -0.552. The molecule has 0 aliphatic carbocycles. The van der Waals surface area contributed by atoms with E-state index in [0.29, 0.717) is 13.0 Å². The Morgan fingerprint density at radius 1 is 1.28 bits per heavy atom. The van der Waals surface area contributed by atoms with Gasteiger partial charge in [0.2, 0.25) is 0 Å². The smallest absolute Gasteiger partial charge is 0.330 e. The summed E-state index contributed by atoms with van der Waals surface area (Å²) >= 11 is 5.94. The SMILES string of the molecule is CC1C2=C(CCN1C(=O)c1cccc(C(F)(F)F)c1Cl)N(c1cncnc1)NN2. The molecule has 3 heterocycles. The fourth-order valence-corrected chi connectivity index (χ4v) is 3.83. The van der Waals surface area contributed by atoms with Gasteiger partial charge in [0.25, 0.3) is 5.91 Å². The first-order chi connectivity index (χ1) is 13.8. The van der Waals surface area contributed by atoms with E-state index in [4.69, 9.17) is 11.6 Å². The van der Waals surface area contributed by atoms with Crippen molar-refractivity contribution in [3.8, 4) is 0 Å². The molecule has 0 bridgehead atoms. The van der Waals surface area contributed by atoms with Gasteiger partial charge in [-0.15, -0.1) is 5.53 Å². The summed E-state index contributed by atoms with van der Waals surface area (Å²) in [7, 11) is 0. The van der Waals surface area contributed by atoms with Gasteiger partial charge >= 0.3 is 6.18 Å². The topological polar surface area (TPSA) is 73.4 Å². The fourth-order valence-electron chi connectivity index (χ4n) is 3.52. The second kappa shape index (κ2) is 7.20. The molecule has 29 heavy (non-hydrogen) atoms. The van der Waals surface area contributed by atoms with Gasteiger partial charge in [-0.1, -0.05) is 17.7 Å². The van der Waals surface area contributed by atoms with Crippen molar-refractivity contribution in [2.75, 3.05) is 11.6 Å². The summed E-state index contributed by atoms with van der Waals surface area (Å²) in [4.78, 5) is 22.5. The van der Waals surface area contributed by atoms with Crippen molar-refractivity contribution in [2.45, 2.75) is 25.6 Å². The van der Waals surface area contributed by atoms with Crippen LogP contribution in [0.3, 0.4) is 0 Å². The number of nitrogens with zero attached hydrogens (tertiary/aromatic N) is 4. The normalized spacial score (nSPS) is 19.3. The van der Waals surface area contributed by atoms with Crippen molar-refractivity contribution in [2.24, 2.45) is 0 Å². The molecule has 0 saturated carbocycles. The van der Waals surface area contributed by atoms with Crippen molar-refractivity contribution in [1.29, 1.82) is 0 Å². The number of hydrogen-bond acceptors (Lipinski definition) is 6. The minimum absolute atomic E-state index is 0.170. The minimum atomic E-state index is -4.63. The van der Waals surface area contributed by atoms with Crippen molar-refractivity contribution < 1.29 is 18.0 Å². The molecule has 2 aliphatic rings. The van der Waals surface area contributed by atoms with Crippen molar-refractivity contribution in [3.63, 3.8) is 0 Å². The minimum Gasteiger partial charge on any atom is -0.330 e. The molecular weight excluding hydrogens is 409 g/mol. The molecule has 152 valence electrons. The van der Waals surface area contributed by atoms with Crippen LogP contribution in [-0.2, 0) is 6.18 Å². The number of hydrazine groups is 2. The Hall–Kier alpha value is -2.85. The van der Waals surface area contributed by atoms with Crippen LogP contribution in [0.4, 0.5) is 18.9 Å². The molecule has 0 spiro atoms. The van der Waals surface area contributed by atoms with Crippen LogP contribution in [0.2, 0.25) is 5.02 Å². The maximum absolute atomic E-state index is 13.1. The number of nitrogens with one attached hydrogen (secondary N) is 2. The molecule has 1 aromatic carbocycles. The van der Waals surface area contributed by atoms with E-state index in [9.17, 15) is 18.0 Å². The van der Waals surface area contributed by atoms with E-state index in [2.05, 4.69) is 20.9 Å². The Morgan fingerprint density at radius 2 is 2.00 bits per heavy atom. The monoisotopic (exact) mass is 424 g/mol. The van der Waals surface area contributed by atoms with Gasteiger partial charge in [0, 0.05) is 13.0 Å². The second-order valence-electron chi connectivity index (χ2n) is 6.62. The average Bonchev–Trinajstić information content (AvgIpc) is 3.13. The van der Waals surface area contributed by atoms with Crippen LogP contribution >= 0.6 is 11.6 Å². The Balaban J connectivity index is 1.62. The van der Waals surface area contributed by atoms with E-state index in [-0.39, 0.29) is 5.56 Å². The predicted octanol–water partition coefficient (Wildman–Crippen LogP) is 3.12. The van der Waals surface area contributed by atoms with E-state index in [1.54, 1.807) is 24.3 Å². The zero-order valence-corrected chi connectivity index (χ0v) is 15.9. The molecule has 2 aliphatic heterocycles. The summed E-state index contributed by atoms with van der Waals surface area (Å²) in [5.41, 5.74) is 7.22. The highest BCUT2D eigenvalue weighted by Crippen LogP contribution is 2.37. The molecule has 7 nitrogen and oxygen atoms in total. The number of amides is 1. The van der Waals surface area contributed by atoms with Gasteiger partial charge in [-0.25, -0.2) is 9.97 Å². The summed E-state index contributed by atoms with van der Waals surface area (Å²) in [6.45, 7) is 2.12. The van der Waals surface area contributed by atoms with Crippen LogP contribution in [0, 0.1) is 0 Å². The lowest BCUT2D eigenvalue weighted by molar-refractivity contribution is -0.137.